The smallest absolute Gasteiger partial charge is 0.337 e. The largest absolute Gasteiger partial charge is 0.490 e. The summed E-state index contributed by atoms with van der Waals surface area (Å²) in [6, 6.07) is 18.6. The first-order valence-electron chi connectivity index (χ1n) is 12.1. The van der Waals surface area contributed by atoms with Crippen LogP contribution in [0.4, 0.5) is 5.69 Å². The Hall–Kier alpha value is -2.83. The number of esters is 1. The highest BCUT2D eigenvalue weighted by molar-refractivity contribution is 14.1. The summed E-state index contributed by atoms with van der Waals surface area (Å²) in [6.07, 6.45) is 1.85. The normalized spacial score (nSPS) is 15.2. The van der Waals surface area contributed by atoms with Crippen molar-refractivity contribution in [2.24, 2.45) is 4.99 Å². The van der Waals surface area contributed by atoms with E-state index in [1.165, 1.54) is 18.9 Å². The Balaban J connectivity index is 1.58. The van der Waals surface area contributed by atoms with E-state index in [2.05, 4.69) is 43.5 Å². The highest BCUT2D eigenvalue weighted by Gasteiger charge is 2.32. The number of halogens is 2. The molecule has 4 rings (SSSR count). The minimum Gasteiger partial charge on any atom is -0.490 e. The molecule has 0 aliphatic carbocycles. The molecule has 7 nitrogen and oxygen atoms in total. The number of hydrogen-bond donors (Lipinski definition) is 0. The first-order chi connectivity index (χ1) is 18.8. The maximum absolute atomic E-state index is 13.2. The number of benzene rings is 3. The van der Waals surface area contributed by atoms with Crippen LogP contribution in [-0.4, -0.2) is 42.2 Å². The van der Waals surface area contributed by atoms with Crippen LogP contribution in [0.2, 0.25) is 0 Å². The van der Waals surface area contributed by atoms with Gasteiger partial charge in [-0.3, -0.25) is 9.69 Å². The van der Waals surface area contributed by atoms with Crippen molar-refractivity contribution in [3.05, 3.63) is 90.3 Å². The van der Waals surface area contributed by atoms with Crippen LogP contribution in [0.5, 0.6) is 11.5 Å². The Labute approximate surface area is 253 Å². The Kier molecular flexibility index (Phi) is 10.1. The SMILES string of the molecule is CCOc1cc(/C=C2/SC(=Nc3ccc(C(=O)OC)cc3)N(CC)C2=O)cc(I)c1OCc1ccc(Br)cc1. The summed E-state index contributed by atoms with van der Waals surface area (Å²) in [7, 11) is 1.34. The lowest BCUT2D eigenvalue weighted by Gasteiger charge is -2.15. The number of likely N-dealkylation sites (N-methyl/N-ethyl adjacent to an activating group) is 1. The molecule has 0 aromatic heterocycles. The van der Waals surface area contributed by atoms with Crippen LogP contribution in [0.25, 0.3) is 6.08 Å². The van der Waals surface area contributed by atoms with Crippen molar-refractivity contribution >= 4 is 79.1 Å². The summed E-state index contributed by atoms with van der Waals surface area (Å²) < 4.78 is 18.7. The van der Waals surface area contributed by atoms with Crippen molar-refractivity contribution in [1.29, 1.82) is 0 Å². The Morgan fingerprint density at radius 1 is 1.08 bits per heavy atom. The van der Waals surface area contributed by atoms with E-state index in [1.807, 2.05) is 56.3 Å². The van der Waals surface area contributed by atoms with Crippen molar-refractivity contribution in [1.82, 2.24) is 4.90 Å². The number of ether oxygens (including phenoxy) is 3. The summed E-state index contributed by atoms with van der Waals surface area (Å²) in [4.78, 5) is 31.8. The minimum absolute atomic E-state index is 0.115. The average Bonchev–Trinajstić information content (AvgIpc) is 3.22. The fraction of sp³-hybridized carbons (Fsp3) is 0.207. The number of nitrogens with zero attached hydrogens (tertiary/aromatic N) is 2. The third-order valence-electron chi connectivity index (χ3n) is 5.64. The van der Waals surface area contributed by atoms with Crippen LogP contribution >= 0.6 is 50.3 Å². The van der Waals surface area contributed by atoms with Gasteiger partial charge in [0.05, 0.1) is 33.4 Å². The number of amidine groups is 1. The number of rotatable bonds is 9. The first kappa shape index (κ1) is 29.2. The summed E-state index contributed by atoms with van der Waals surface area (Å²) in [5.74, 6) is 0.762. The van der Waals surface area contributed by atoms with E-state index in [1.54, 1.807) is 29.2 Å². The van der Waals surface area contributed by atoms with Crippen molar-refractivity contribution in [3.8, 4) is 11.5 Å². The number of carbonyl (C=O) groups excluding carboxylic acids is 2. The molecule has 1 aliphatic heterocycles. The third kappa shape index (κ3) is 7.23. The molecule has 10 heteroatoms. The summed E-state index contributed by atoms with van der Waals surface area (Å²) in [5.41, 5.74) is 2.95. The van der Waals surface area contributed by atoms with E-state index in [9.17, 15) is 9.59 Å². The van der Waals surface area contributed by atoms with Crippen molar-refractivity contribution in [2.75, 3.05) is 20.3 Å². The highest BCUT2D eigenvalue weighted by atomic mass is 127. The van der Waals surface area contributed by atoms with Gasteiger partial charge in [0.25, 0.3) is 5.91 Å². The standard InChI is InChI=1S/C29H26BrIN2O5S/c1-4-33-27(34)25(39-29(33)32-22-12-8-20(9-13-22)28(35)36-3)16-19-14-23(31)26(24(15-19)37-5-2)38-17-18-6-10-21(30)11-7-18/h6-16H,4-5,17H2,1-3H3/b25-16+,32-29?. The van der Waals surface area contributed by atoms with Gasteiger partial charge in [0.15, 0.2) is 16.7 Å². The van der Waals surface area contributed by atoms with Crippen LogP contribution in [0.3, 0.4) is 0 Å². The van der Waals surface area contributed by atoms with Crippen molar-refractivity contribution in [3.63, 3.8) is 0 Å². The molecule has 0 atom stereocenters. The van der Waals surface area contributed by atoms with Gasteiger partial charge in [-0.2, -0.15) is 0 Å². The van der Waals surface area contributed by atoms with Crippen molar-refractivity contribution in [2.45, 2.75) is 20.5 Å². The lowest BCUT2D eigenvalue weighted by molar-refractivity contribution is -0.122. The molecule has 0 spiro atoms. The highest BCUT2D eigenvalue weighted by Crippen LogP contribution is 2.38. The number of hydrogen-bond acceptors (Lipinski definition) is 7. The molecule has 3 aromatic rings. The molecule has 1 aliphatic rings. The Bertz CT molecular complexity index is 1420. The van der Waals surface area contributed by atoms with E-state index in [0.29, 0.717) is 52.6 Å². The molecule has 202 valence electrons. The molecule has 0 unspecified atom stereocenters. The molecule has 0 N–H and O–H groups in total. The summed E-state index contributed by atoms with van der Waals surface area (Å²) in [5, 5.41) is 0.578. The molecule has 1 saturated heterocycles. The zero-order valence-corrected chi connectivity index (χ0v) is 26.1. The molecular weight excluding hydrogens is 695 g/mol. The number of methoxy groups -OCH3 is 1. The van der Waals surface area contributed by atoms with Gasteiger partial charge in [-0.05, 0) is 114 Å². The van der Waals surface area contributed by atoms with Gasteiger partial charge in [0, 0.05) is 11.0 Å². The predicted octanol–water partition coefficient (Wildman–Crippen LogP) is 7.44. The van der Waals surface area contributed by atoms with Crippen LogP contribution < -0.4 is 9.47 Å². The number of amides is 1. The fourth-order valence-corrected chi connectivity index (χ4v) is 5.84. The van der Waals surface area contributed by atoms with Crippen LogP contribution in [0.1, 0.15) is 35.3 Å². The summed E-state index contributed by atoms with van der Waals surface area (Å²) in [6.45, 7) is 5.20. The average molecular weight is 721 g/mol. The zero-order valence-electron chi connectivity index (χ0n) is 21.6. The van der Waals surface area contributed by atoms with Gasteiger partial charge < -0.3 is 14.2 Å². The van der Waals surface area contributed by atoms with Crippen LogP contribution in [0, 0.1) is 3.57 Å². The van der Waals surface area contributed by atoms with Gasteiger partial charge in [0.2, 0.25) is 0 Å². The number of aliphatic imine (C=N–C) groups is 1. The Morgan fingerprint density at radius 3 is 2.44 bits per heavy atom. The first-order valence-corrected chi connectivity index (χ1v) is 14.8. The molecule has 1 fully saturated rings. The second kappa shape index (κ2) is 13.5. The maximum Gasteiger partial charge on any atom is 0.337 e. The molecule has 0 radical (unpaired) electrons. The zero-order chi connectivity index (χ0) is 27.9. The predicted molar refractivity (Wildman–Crippen MR) is 167 cm³/mol. The fourth-order valence-electron chi connectivity index (χ4n) is 3.73. The molecule has 0 saturated carbocycles. The third-order valence-corrected chi connectivity index (χ3v) is 7.98. The molecule has 1 heterocycles. The van der Waals surface area contributed by atoms with Gasteiger partial charge in [-0.25, -0.2) is 9.79 Å². The lowest BCUT2D eigenvalue weighted by Crippen LogP contribution is -2.28. The van der Waals surface area contributed by atoms with Gasteiger partial charge in [-0.1, -0.05) is 28.1 Å². The molecule has 39 heavy (non-hydrogen) atoms. The molecule has 0 bridgehead atoms. The Morgan fingerprint density at radius 2 is 1.79 bits per heavy atom. The van der Waals surface area contributed by atoms with Crippen LogP contribution in [-0.2, 0) is 16.1 Å². The monoisotopic (exact) mass is 720 g/mol. The molecule has 1 amide bonds. The van der Waals surface area contributed by atoms with Gasteiger partial charge in [-0.15, -0.1) is 0 Å². The second-order valence-corrected chi connectivity index (χ2v) is 11.4. The lowest BCUT2D eigenvalue weighted by atomic mass is 10.1. The number of carbonyl (C=O) groups is 2. The van der Waals surface area contributed by atoms with Gasteiger partial charge >= 0.3 is 5.97 Å². The topological polar surface area (TPSA) is 77.4 Å². The summed E-state index contributed by atoms with van der Waals surface area (Å²) >= 11 is 6.99. The maximum atomic E-state index is 13.2. The minimum atomic E-state index is -0.411. The molecular formula is C29H26BrIN2O5S. The number of thioether (sulfide) groups is 1. The second-order valence-electron chi connectivity index (χ2n) is 8.27. The molecule has 3 aromatic carbocycles. The van der Waals surface area contributed by atoms with E-state index in [4.69, 9.17) is 14.2 Å². The quantitative estimate of drug-likeness (QED) is 0.130. The van der Waals surface area contributed by atoms with E-state index < -0.39 is 5.97 Å². The van der Waals surface area contributed by atoms with Crippen LogP contribution in [0.15, 0.2) is 75.0 Å². The van der Waals surface area contributed by atoms with E-state index in [-0.39, 0.29) is 5.91 Å². The van der Waals surface area contributed by atoms with E-state index in [0.717, 1.165) is 19.2 Å². The van der Waals surface area contributed by atoms with Gasteiger partial charge in [0.1, 0.15) is 6.61 Å². The van der Waals surface area contributed by atoms with Crippen molar-refractivity contribution < 1.29 is 23.8 Å². The van der Waals surface area contributed by atoms with E-state index >= 15 is 0 Å².